The number of amides is 1. The van der Waals surface area contributed by atoms with E-state index in [1.165, 1.54) is 77.0 Å². The summed E-state index contributed by atoms with van der Waals surface area (Å²) in [5.41, 5.74) is 0. The molecular formula is C35H67NO8. The Bertz CT molecular complexity index is 706. The Morgan fingerprint density at radius 3 is 1.84 bits per heavy atom. The molecule has 0 bridgehead atoms. The van der Waals surface area contributed by atoms with Gasteiger partial charge in [-0.1, -0.05) is 116 Å². The lowest BCUT2D eigenvalue weighted by atomic mass is 9.99. The van der Waals surface area contributed by atoms with Gasteiger partial charge in [-0.3, -0.25) is 4.79 Å². The number of hydrogen-bond donors (Lipinski definition) is 6. The van der Waals surface area contributed by atoms with Gasteiger partial charge in [-0.05, 0) is 38.5 Å². The normalized spacial score (nSPS) is 23.7. The Kier molecular flexibility index (Phi) is 25.2. The van der Waals surface area contributed by atoms with Crippen LogP contribution in [0.2, 0.25) is 0 Å². The maximum atomic E-state index is 12.8. The molecule has 6 N–H and O–H groups in total. The van der Waals surface area contributed by atoms with E-state index in [2.05, 4.69) is 31.3 Å². The van der Waals surface area contributed by atoms with Crippen molar-refractivity contribution in [2.75, 3.05) is 13.2 Å². The van der Waals surface area contributed by atoms with Crippen molar-refractivity contribution in [3.8, 4) is 0 Å². The number of aliphatic hydroxyl groups is 5. The van der Waals surface area contributed by atoms with Crippen molar-refractivity contribution in [1.82, 2.24) is 5.32 Å². The van der Waals surface area contributed by atoms with Gasteiger partial charge < -0.3 is 40.3 Å². The number of carbonyl (C=O) groups is 1. The number of carbonyl (C=O) groups excluding carboxylic acids is 1. The minimum Gasteiger partial charge on any atom is -0.394 e. The molecule has 0 aliphatic carbocycles. The van der Waals surface area contributed by atoms with Gasteiger partial charge in [0.25, 0.3) is 0 Å². The van der Waals surface area contributed by atoms with E-state index in [-0.39, 0.29) is 12.5 Å². The van der Waals surface area contributed by atoms with Gasteiger partial charge in [0.1, 0.15) is 24.4 Å². The maximum Gasteiger partial charge on any atom is 0.220 e. The van der Waals surface area contributed by atoms with Crippen LogP contribution < -0.4 is 5.32 Å². The predicted octanol–water partition coefficient (Wildman–Crippen LogP) is 5.44. The Morgan fingerprint density at radius 1 is 0.750 bits per heavy atom. The minimum absolute atomic E-state index is 0.147. The number of unbranched alkanes of at least 4 members (excludes halogenated alkanes) is 16. The molecule has 0 aromatic rings. The lowest BCUT2D eigenvalue weighted by Gasteiger charge is -2.40. The van der Waals surface area contributed by atoms with Crippen molar-refractivity contribution in [3.05, 3.63) is 12.2 Å². The van der Waals surface area contributed by atoms with E-state index in [9.17, 15) is 30.3 Å². The molecule has 7 atom stereocenters. The summed E-state index contributed by atoms with van der Waals surface area (Å²) in [5.74, 6) is -0.160. The fourth-order valence-corrected chi connectivity index (χ4v) is 5.62. The molecule has 0 radical (unpaired) electrons. The zero-order valence-electron chi connectivity index (χ0n) is 27.9. The lowest BCUT2D eigenvalue weighted by Crippen LogP contribution is -2.60. The van der Waals surface area contributed by atoms with Crippen LogP contribution >= 0.6 is 0 Å². The molecule has 0 saturated carbocycles. The average molecular weight is 630 g/mol. The van der Waals surface area contributed by atoms with Crippen molar-refractivity contribution in [1.29, 1.82) is 0 Å². The van der Waals surface area contributed by atoms with Crippen LogP contribution in [0, 0.1) is 0 Å². The Balaban J connectivity index is 2.49. The molecule has 0 spiro atoms. The molecule has 0 aromatic carbocycles. The van der Waals surface area contributed by atoms with Gasteiger partial charge in [0.15, 0.2) is 6.29 Å². The van der Waals surface area contributed by atoms with Crippen LogP contribution in [0.4, 0.5) is 0 Å². The minimum atomic E-state index is -1.55. The molecule has 44 heavy (non-hydrogen) atoms. The van der Waals surface area contributed by atoms with Crippen LogP contribution in [0.1, 0.15) is 149 Å². The summed E-state index contributed by atoms with van der Waals surface area (Å²) in [4.78, 5) is 12.8. The maximum absolute atomic E-state index is 12.8. The highest BCUT2D eigenvalue weighted by Gasteiger charge is 2.44. The van der Waals surface area contributed by atoms with E-state index >= 15 is 0 Å². The van der Waals surface area contributed by atoms with Crippen LogP contribution in [0.5, 0.6) is 0 Å². The number of aliphatic hydroxyl groups excluding tert-OH is 5. The fraction of sp³-hybridized carbons (Fsp3) is 0.914. The van der Waals surface area contributed by atoms with E-state index < -0.39 is 49.5 Å². The second kappa shape index (κ2) is 27.1. The fourth-order valence-electron chi connectivity index (χ4n) is 5.62. The third-order valence-electron chi connectivity index (χ3n) is 8.62. The summed E-state index contributed by atoms with van der Waals surface area (Å²) >= 11 is 0. The second-order valence-electron chi connectivity index (χ2n) is 12.7. The molecule has 1 rings (SSSR count). The van der Waals surface area contributed by atoms with Crippen molar-refractivity contribution in [2.24, 2.45) is 0 Å². The van der Waals surface area contributed by atoms with Gasteiger partial charge in [0.2, 0.25) is 5.91 Å². The van der Waals surface area contributed by atoms with Crippen LogP contribution in [-0.2, 0) is 14.3 Å². The molecule has 2 unspecified atom stereocenters. The molecule has 1 amide bonds. The van der Waals surface area contributed by atoms with Crippen molar-refractivity contribution >= 4 is 5.91 Å². The topological polar surface area (TPSA) is 149 Å². The molecule has 1 heterocycles. The highest BCUT2D eigenvalue weighted by Crippen LogP contribution is 2.22. The summed E-state index contributed by atoms with van der Waals surface area (Å²) < 4.78 is 11.1. The van der Waals surface area contributed by atoms with Crippen LogP contribution in [-0.4, -0.2) is 87.5 Å². The van der Waals surface area contributed by atoms with Crippen molar-refractivity contribution < 1.29 is 39.8 Å². The van der Waals surface area contributed by atoms with Gasteiger partial charge >= 0.3 is 0 Å². The molecule has 9 nitrogen and oxygen atoms in total. The van der Waals surface area contributed by atoms with E-state index in [1.807, 2.05) is 0 Å². The summed E-state index contributed by atoms with van der Waals surface area (Å²) in [6.07, 6.45) is 19.4. The van der Waals surface area contributed by atoms with Crippen molar-refractivity contribution in [3.63, 3.8) is 0 Å². The van der Waals surface area contributed by atoms with Crippen LogP contribution in [0.3, 0.4) is 0 Å². The zero-order chi connectivity index (χ0) is 32.4. The number of nitrogens with one attached hydrogen (secondary N) is 1. The van der Waals surface area contributed by atoms with Crippen molar-refractivity contribution in [2.45, 2.75) is 192 Å². The molecule has 0 aromatic heterocycles. The number of allylic oxidation sites excluding steroid dienone is 2. The van der Waals surface area contributed by atoms with Gasteiger partial charge in [-0.15, -0.1) is 0 Å². The summed E-state index contributed by atoms with van der Waals surface area (Å²) in [6.45, 7) is 3.74. The van der Waals surface area contributed by atoms with Gasteiger partial charge in [0, 0.05) is 6.42 Å². The number of ether oxygens (including phenoxy) is 2. The smallest absolute Gasteiger partial charge is 0.220 e. The van der Waals surface area contributed by atoms with Gasteiger partial charge in [-0.2, -0.15) is 0 Å². The number of hydrogen-bond acceptors (Lipinski definition) is 8. The third-order valence-corrected chi connectivity index (χ3v) is 8.62. The summed E-state index contributed by atoms with van der Waals surface area (Å²) in [7, 11) is 0. The SMILES string of the molecule is CCCCCCCC/C=C/CCCC[C@@H](O)[C@H](CO[C@@H]1O[C@H](CO)[C@@H](O)C(O)C1O)NC(=O)CCCCCCCCCCC. The number of rotatable bonds is 28. The first-order chi connectivity index (χ1) is 21.3. The first-order valence-electron chi connectivity index (χ1n) is 17.9. The van der Waals surface area contributed by atoms with Gasteiger partial charge in [-0.25, -0.2) is 0 Å². The molecule has 9 heteroatoms. The molecule has 1 aliphatic heterocycles. The van der Waals surface area contributed by atoms with E-state index in [0.29, 0.717) is 12.8 Å². The Morgan fingerprint density at radius 2 is 1.27 bits per heavy atom. The highest BCUT2D eigenvalue weighted by molar-refractivity contribution is 5.76. The summed E-state index contributed by atoms with van der Waals surface area (Å²) in [6, 6.07) is -0.725. The second-order valence-corrected chi connectivity index (χ2v) is 12.7. The Hall–Kier alpha value is -1.07. The van der Waals surface area contributed by atoms with Crippen LogP contribution in [0.15, 0.2) is 12.2 Å². The monoisotopic (exact) mass is 629 g/mol. The first-order valence-corrected chi connectivity index (χ1v) is 17.9. The molecule has 260 valence electrons. The lowest BCUT2D eigenvalue weighted by molar-refractivity contribution is -0.302. The highest BCUT2D eigenvalue weighted by atomic mass is 16.7. The Labute approximate surface area is 267 Å². The standard InChI is InChI=1S/C35H67NO8/c1-3-5-7-9-11-13-14-15-17-18-20-22-24-29(38)28(27-43-35-34(42)33(41)32(40)30(26-37)44-35)36-31(39)25-23-21-19-16-12-10-8-6-4-2/h15,17,28-30,32-35,37-38,40-42H,3-14,16,18-27H2,1-2H3,(H,36,39)/b17-15+/t28-,29+,30+,32+,33?,34?,35+/m0/s1. The molecular weight excluding hydrogens is 562 g/mol. The van der Waals surface area contributed by atoms with Crippen LogP contribution in [0.25, 0.3) is 0 Å². The molecule has 1 fully saturated rings. The first kappa shape index (κ1) is 41.0. The van der Waals surface area contributed by atoms with Gasteiger partial charge in [0.05, 0.1) is 25.4 Å². The average Bonchev–Trinajstić information content (AvgIpc) is 3.02. The van der Waals surface area contributed by atoms with E-state index in [4.69, 9.17) is 9.47 Å². The molecule has 1 saturated heterocycles. The largest absolute Gasteiger partial charge is 0.394 e. The quantitative estimate of drug-likeness (QED) is 0.0495. The third kappa shape index (κ3) is 18.8. The zero-order valence-corrected chi connectivity index (χ0v) is 27.9. The summed E-state index contributed by atoms with van der Waals surface area (Å²) in [5, 5.41) is 53.8. The van der Waals surface area contributed by atoms with E-state index in [1.54, 1.807) is 0 Å². The predicted molar refractivity (Wildman–Crippen MR) is 175 cm³/mol. The molecule has 1 aliphatic rings. The van der Waals surface area contributed by atoms with E-state index in [0.717, 1.165) is 44.9 Å².